The highest BCUT2D eigenvalue weighted by Gasteiger charge is 2.23. The molecule has 0 spiro atoms. The third-order valence-corrected chi connectivity index (χ3v) is 6.43. The van der Waals surface area contributed by atoms with Gasteiger partial charge in [-0.3, -0.25) is 0 Å². The van der Waals surface area contributed by atoms with Crippen LogP contribution in [-0.2, 0) is 17.6 Å². The van der Waals surface area contributed by atoms with Crippen molar-refractivity contribution in [1.29, 1.82) is 0 Å². The number of aromatic nitrogens is 2. The fraction of sp³-hybridized carbons (Fsp3) is 0.208. The predicted octanol–water partition coefficient (Wildman–Crippen LogP) is 5.34. The molecule has 5 nitrogen and oxygen atoms in total. The second-order valence-electron chi connectivity index (χ2n) is 7.20. The van der Waals surface area contributed by atoms with Crippen molar-refractivity contribution in [2.45, 2.75) is 32.7 Å². The minimum Gasteiger partial charge on any atom is -0.480 e. The summed E-state index contributed by atoms with van der Waals surface area (Å²) in [6.07, 6.45) is 2.74. The maximum Gasteiger partial charge on any atom is 0.326 e. The average Bonchev–Trinajstić information content (AvgIpc) is 3.14. The van der Waals surface area contributed by atoms with Crippen molar-refractivity contribution in [3.05, 3.63) is 76.9 Å². The number of nitrogens with zero attached hydrogens (tertiary/aromatic N) is 2. The lowest BCUT2D eigenvalue weighted by Crippen LogP contribution is -2.32. The van der Waals surface area contributed by atoms with Gasteiger partial charge in [0.1, 0.15) is 23.0 Å². The zero-order chi connectivity index (χ0) is 21.1. The Kier molecular flexibility index (Phi) is 5.77. The van der Waals surface area contributed by atoms with Crippen molar-refractivity contribution < 1.29 is 9.90 Å². The normalized spacial score (nSPS) is 12.1. The van der Waals surface area contributed by atoms with E-state index >= 15 is 0 Å². The summed E-state index contributed by atoms with van der Waals surface area (Å²) < 4.78 is 0. The Balaban J connectivity index is 1.82. The first-order valence-corrected chi connectivity index (χ1v) is 10.8. The molecule has 0 aliphatic rings. The first kappa shape index (κ1) is 20.0. The largest absolute Gasteiger partial charge is 0.480 e. The van der Waals surface area contributed by atoms with Crippen molar-refractivity contribution in [1.82, 2.24) is 9.97 Å². The molecule has 1 atom stereocenters. The molecule has 0 unspecified atom stereocenters. The highest BCUT2D eigenvalue weighted by molar-refractivity contribution is 7.19. The zero-order valence-corrected chi connectivity index (χ0v) is 17.7. The van der Waals surface area contributed by atoms with Crippen molar-refractivity contribution in [3.63, 3.8) is 0 Å². The number of fused-ring (bicyclic) bond motifs is 1. The summed E-state index contributed by atoms with van der Waals surface area (Å²) in [6, 6.07) is 17.1. The number of thiophene rings is 1. The Hall–Kier alpha value is -3.25. The number of hydrogen-bond acceptors (Lipinski definition) is 5. The Bertz CT molecular complexity index is 1190. The van der Waals surface area contributed by atoms with Gasteiger partial charge in [-0.2, -0.15) is 0 Å². The van der Waals surface area contributed by atoms with Crippen LogP contribution in [0.1, 0.15) is 22.9 Å². The maximum absolute atomic E-state index is 12.0. The Morgan fingerprint density at radius 2 is 1.83 bits per heavy atom. The number of aryl methyl sites for hydroxylation is 2. The molecule has 0 saturated carbocycles. The van der Waals surface area contributed by atoms with Gasteiger partial charge in [-0.1, -0.05) is 61.5 Å². The van der Waals surface area contributed by atoms with Crippen LogP contribution in [0.5, 0.6) is 0 Å². The van der Waals surface area contributed by atoms with E-state index in [1.54, 1.807) is 11.3 Å². The van der Waals surface area contributed by atoms with E-state index in [1.165, 1.54) is 16.8 Å². The summed E-state index contributed by atoms with van der Waals surface area (Å²) in [5.41, 5.74) is 4.36. The molecule has 2 aromatic heterocycles. The highest BCUT2D eigenvalue weighted by atomic mass is 32.1. The molecule has 0 radical (unpaired) electrons. The highest BCUT2D eigenvalue weighted by Crippen LogP contribution is 2.42. The molecule has 6 heteroatoms. The number of carbonyl (C=O) groups is 1. The number of hydrogen-bond donors (Lipinski definition) is 2. The van der Waals surface area contributed by atoms with Gasteiger partial charge in [0.2, 0.25) is 0 Å². The number of nitrogens with one attached hydrogen (secondary N) is 1. The van der Waals surface area contributed by atoms with Crippen LogP contribution in [0.2, 0.25) is 0 Å². The van der Waals surface area contributed by atoms with Crippen LogP contribution in [0.3, 0.4) is 0 Å². The van der Waals surface area contributed by atoms with E-state index in [1.807, 2.05) is 42.5 Å². The van der Waals surface area contributed by atoms with Gasteiger partial charge in [-0.25, -0.2) is 14.8 Å². The lowest BCUT2D eigenvalue weighted by Gasteiger charge is -2.17. The molecule has 0 aliphatic heterocycles. The summed E-state index contributed by atoms with van der Waals surface area (Å²) in [5.74, 6) is -0.341. The maximum atomic E-state index is 12.0. The van der Waals surface area contributed by atoms with Crippen molar-refractivity contribution >= 4 is 33.3 Å². The predicted molar refractivity (Wildman–Crippen MR) is 122 cm³/mol. The quantitative estimate of drug-likeness (QED) is 0.425. The first-order chi connectivity index (χ1) is 14.6. The number of carboxylic acids is 1. The molecule has 0 aliphatic carbocycles. The van der Waals surface area contributed by atoms with Crippen molar-refractivity contribution in [2.24, 2.45) is 0 Å². The average molecular weight is 418 g/mol. The van der Waals surface area contributed by atoms with Crippen LogP contribution in [-0.4, -0.2) is 27.1 Å². The Morgan fingerprint density at radius 1 is 1.10 bits per heavy atom. The molecule has 4 aromatic rings. The van der Waals surface area contributed by atoms with Gasteiger partial charge in [0.15, 0.2) is 0 Å². The van der Waals surface area contributed by atoms with E-state index in [2.05, 4.69) is 41.3 Å². The number of anilines is 1. The van der Waals surface area contributed by atoms with Gasteiger partial charge in [-0.05, 0) is 30.0 Å². The van der Waals surface area contributed by atoms with E-state index in [-0.39, 0.29) is 0 Å². The number of carboxylic acid groups (broad SMARTS) is 1. The minimum absolute atomic E-state index is 0.367. The molecule has 2 N–H and O–H groups in total. The summed E-state index contributed by atoms with van der Waals surface area (Å²) >= 11 is 1.64. The molecule has 30 heavy (non-hydrogen) atoms. The van der Waals surface area contributed by atoms with Gasteiger partial charge >= 0.3 is 5.97 Å². The molecular formula is C24H23N3O2S. The standard InChI is InChI=1S/C24H23N3O2S/c1-3-19-20(17-12-8-7-9-15(17)2)21-22(25-14-26-23(21)30-19)27-18(24(28)29)13-16-10-5-4-6-11-16/h4-12,14,18H,3,13H2,1-2H3,(H,28,29)(H,25,26,27)/t18-/m1/s1. The molecule has 0 bridgehead atoms. The van der Waals surface area contributed by atoms with Gasteiger partial charge in [0.05, 0.1) is 5.39 Å². The second-order valence-corrected chi connectivity index (χ2v) is 8.28. The van der Waals surface area contributed by atoms with Crippen LogP contribution < -0.4 is 5.32 Å². The van der Waals surface area contributed by atoms with Gasteiger partial charge in [-0.15, -0.1) is 11.3 Å². The summed E-state index contributed by atoms with van der Waals surface area (Å²) in [7, 11) is 0. The summed E-state index contributed by atoms with van der Waals surface area (Å²) in [4.78, 5) is 23.0. The molecule has 2 aromatic carbocycles. The summed E-state index contributed by atoms with van der Waals surface area (Å²) in [5, 5.41) is 13.9. The zero-order valence-electron chi connectivity index (χ0n) is 16.9. The van der Waals surface area contributed by atoms with Gasteiger partial charge in [0.25, 0.3) is 0 Å². The topological polar surface area (TPSA) is 75.1 Å². The van der Waals surface area contributed by atoms with Crippen LogP contribution in [0.15, 0.2) is 60.9 Å². The molecule has 152 valence electrons. The van der Waals surface area contributed by atoms with Gasteiger partial charge < -0.3 is 10.4 Å². The molecule has 0 fully saturated rings. The number of aliphatic carboxylic acids is 1. The van der Waals surface area contributed by atoms with Crippen molar-refractivity contribution in [3.8, 4) is 11.1 Å². The SMILES string of the molecule is CCc1sc2ncnc(N[C@H](Cc3ccccc3)C(=O)O)c2c1-c1ccccc1C. The minimum atomic E-state index is -0.908. The molecule has 0 amide bonds. The fourth-order valence-electron chi connectivity index (χ4n) is 3.69. The van der Waals surface area contributed by atoms with Crippen LogP contribution >= 0.6 is 11.3 Å². The van der Waals surface area contributed by atoms with E-state index in [0.29, 0.717) is 12.2 Å². The lowest BCUT2D eigenvalue weighted by atomic mass is 9.97. The lowest BCUT2D eigenvalue weighted by molar-refractivity contribution is -0.137. The van der Waals surface area contributed by atoms with E-state index in [4.69, 9.17) is 0 Å². The third kappa shape index (κ3) is 3.91. The first-order valence-electron chi connectivity index (χ1n) is 9.94. The van der Waals surface area contributed by atoms with Crippen molar-refractivity contribution in [2.75, 3.05) is 5.32 Å². The third-order valence-electron chi connectivity index (χ3n) is 5.19. The molecule has 0 saturated heterocycles. The number of benzene rings is 2. The van der Waals surface area contributed by atoms with E-state index < -0.39 is 12.0 Å². The van der Waals surface area contributed by atoms with E-state index in [0.717, 1.165) is 33.3 Å². The molecule has 2 heterocycles. The van der Waals surface area contributed by atoms with Crippen LogP contribution in [0.25, 0.3) is 21.3 Å². The fourth-order valence-corrected chi connectivity index (χ4v) is 4.78. The van der Waals surface area contributed by atoms with Crippen LogP contribution in [0.4, 0.5) is 5.82 Å². The molecular weight excluding hydrogens is 394 g/mol. The van der Waals surface area contributed by atoms with E-state index in [9.17, 15) is 9.90 Å². The Labute approximate surface area is 179 Å². The molecule has 4 rings (SSSR count). The smallest absolute Gasteiger partial charge is 0.326 e. The Morgan fingerprint density at radius 3 is 2.53 bits per heavy atom. The monoisotopic (exact) mass is 417 g/mol. The van der Waals surface area contributed by atoms with Gasteiger partial charge in [0, 0.05) is 16.9 Å². The summed E-state index contributed by atoms with van der Waals surface area (Å²) in [6.45, 7) is 4.22. The number of rotatable bonds is 7. The second kappa shape index (κ2) is 8.63. The van der Waals surface area contributed by atoms with Crippen LogP contribution in [0, 0.1) is 6.92 Å².